The van der Waals surface area contributed by atoms with E-state index >= 15 is 0 Å². The maximum Gasteiger partial charge on any atom is 0.215 e. The largest absolute Gasteiger partial charge is 0.493 e. The molecule has 0 bridgehead atoms. The summed E-state index contributed by atoms with van der Waals surface area (Å²) in [5.41, 5.74) is 0. The summed E-state index contributed by atoms with van der Waals surface area (Å²) >= 11 is 0. The summed E-state index contributed by atoms with van der Waals surface area (Å²) in [7, 11) is -1.58. The van der Waals surface area contributed by atoms with Crippen molar-refractivity contribution in [2.75, 3.05) is 20.3 Å². The highest BCUT2D eigenvalue weighted by Crippen LogP contribution is 2.27. The standard InChI is InChI=1S/C14H17NO4S/c1-18-13-6-2-3-7-14(13)19-11-5-4-10-15-20(16,17)12-8-9-12/h2-3,6-7,12,15H,8-11H2,1H3. The van der Waals surface area contributed by atoms with Gasteiger partial charge in [-0.15, -0.1) is 0 Å². The molecule has 2 rings (SSSR count). The first-order chi connectivity index (χ1) is 9.63. The van der Waals surface area contributed by atoms with E-state index < -0.39 is 10.0 Å². The Labute approximate surface area is 119 Å². The van der Waals surface area contributed by atoms with Crippen molar-refractivity contribution < 1.29 is 17.9 Å². The molecule has 1 aliphatic carbocycles. The van der Waals surface area contributed by atoms with Crippen LogP contribution in [-0.4, -0.2) is 33.9 Å². The molecule has 0 spiro atoms. The SMILES string of the molecule is COc1ccccc1OCC#CCNS(=O)(=O)C1CC1. The van der Waals surface area contributed by atoms with Crippen LogP contribution in [0.1, 0.15) is 12.8 Å². The van der Waals surface area contributed by atoms with Gasteiger partial charge in [0, 0.05) is 0 Å². The van der Waals surface area contributed by atoms with E-state index in [4.69, 9.17) is 9.47 Å². The second kappa shape index (κ2) is 6.64. The number of sulfonamides is 1. The van der Waals surface area contributed by atoms with Crippen molar-refractivity contribution >= 4 is 10.0 Å². The number of ether oxygens (including phenoxy) is 2. The first-order valence-corrected chi connectivity index (χ1v) is 7.88. The molecule has 0 amide bonds. The number of methoxy groups -OCH3 is 1. The van der Waals surface area contributed by atoms with Crippen LogP contribution in [0.25, 0.3) is 0 Å². The summed E-state index contributed by atoms with van der Waals surface area (Å²) in [5, 5.41) is -0.214. The van der Waals surface area contributed by atoms with E-state index in [1.807, 2.05) is 12.1 Å². The normalized spacial score (nSPS) is 14.2. The van der Waals surface area contributed by atoms with Gasteiger partial charge in [0.2, 0.25) is 10.0 Å². The molecule has 1 fully saturated rings. The van der Waals surface area contributed by atoms with Crippen LogP contribution in [0.3, 0.4) is 0 Å². The van der Waals surface area contributed by atoms with Crippen molar-refractivity contribution in [2.24, 2.45) is 0 Å². The second-order valence-electron chi connectivity index (χ2n) is 4.36. The van der Waals surface area contributed by atoms with Crippen LogP contribution in [-0.2, 0) is 10.0 Å². The third kappa shape index (κ3) is 4.15. The van der Waals surface area contributed by atoms with E-state index in [0.29, 0.717) is 11.5 Å². The van der Waals surface area contributed by atoms with Crippen LogP contribution in [0.5, 0.6) is 11.5 Å². The van der Waals surface area contributed by atoms with Gasteiger partial charge in [0.25, 0.3) is 0 Å². The van der Waals surface area contributed by atoms with Crippen LogP contribution in [0, 0.1) is 11.8 Å². The third-order valence-corrected chi connectivity index (χ3v) is 4.71. The van der Waals surface area contributed by atoms with Gasteiger partial charge in [0.1, 0.15) is 6.61 Å². The Hall–Kier alpha value is -1.71. The minimum Gasteiger partial charge on any atom is -0.493 e. The molecule has 0 saturated heterocycles. The summed E-state index contributed by atoms with van der Waals surface area (Å²) in [6, 6.07) is 7.28. The molecule has 1 aromatic rings. The summed E-state index contributed by atoms with van der Waals surface area (Å²) < 4.78 is 36.0. The fourth-order valence-electron chi connectivity index (χ4n) is 1.60. The van der Waals surface area contributed by atoms with E-state index in [1.165, 1.54) is 0 Å². The van der Waals surface area contributed by atoms with Crippen LogP contribution in [0.4, 0.5) is 0 Å². The maximum absolute atomic E-state index is 11.5. The fourth-order valence-corrected chi connectivity index (χ4v) is 2.86. The molecule has 0 aliphatic heterocycles. The van der Waals surface area contributed by atoms with Gasteiger partial charge in [0.05, 0.1) is 18.9 Å². The Bertz CT molecular complexity index is 612. The van der Waals surface area contributed by atoms with Gasteiger partial charge in [-0.2, -0.15) is 0 Å². The van der Waals surface area contributed by atoms with Gasteiger partial charge < -0.3 is 9.47 Å². The Morgan fingerprint density at radius 3 is 2.60 bits per heavy atom. The van der Waals surface area contributed by atoms with Gasteiger partial charge in [-0.1, -0.05) is 24.0 Å². The Morgan fingerprint density at radius 2 is 1.95 bits per heavy atom. The summed E-state index contributed by atoms with van der Waals surface area (Å²) in [5.74, 6) is 6.74. The number of benzene rings is 1. The lowest BCUT2D eigenvalue weighted by molar-refractivity contribution is 0.331. The lowest BCUT2D eigenvalue weighted by atomic mass is 10.3. The van der Waals surface area contributed by atoms with Crippen LogP contribution >= 0.6 is 0 Å². The van der Waals surface area contributed by atoms with Gasteiger partial charge in [-0.25, -0.2) is 13.1 Å². The second-order valence-corrected chi connectivity index (χ2v) is 6.40. The van der Waals surface area contributed by atoms with Crippen LogP contribution in [0.15, 0.2) is 24.3 Å². The third-order valence-electron chi connectivity index (χ3n) is 2.82. The van der Waals surface area contributed by atoms with E-state index in [9.17, 15) is 8.42 Å². The molecule has 6 heteroatoms. The Morgan fingerprint density at radius 1 is 1.25 bits per heavy atom. The lowest BCUT2D eigenvalue weighted by Gasteiger charge is -2.07. The van der Waals surface area contributed by atoms with Crippen molar-refractivity contribution in [1.82, 2.24) is 4.72 Å². The number of nitrogens with one attached hydrogen (secondary N) is 1. The molecule has 20 heavy (non-hydrogen) atoms. The monoisotopic (exact) mass is 295 g/mol. The number of hydrogen-bond acceptors (Lipinski definition) is 4. The van der Waals surface area contributed by atoms with Crippen LogP contribution < -0.4 is 14.2 Å². The first-order valence-electron chi connectivity index (χ1n) is 6.33. The molecule has 1 aromatic carbocycles. The maximum atomic E-state index is 11.5. The average molecular weight is 295 g/mol. The summed E-state index contributed by atoms with van der Waals surface area (Å²) in [6.45, 7) is 0.305. The lowest BCUT2D eigenvalue weighted by Crippen LogP contribution is -2.27. The number of para-hydroxylation sites is 2. The minimum atomic E-state index is -3.15. The van der Waals surface area contributed by atoms with E-state index in [0.717, 1.165) is 12.8 Å². The van der Waals surface area contributed by atoms with Gasteiger partial charge >= 0.3 is 0 Å². The highest BCUT2D eigenvalue weighted by atomic mass is 32.2. The Kier molecular flexibility index (Phi) is 4.88. The highest BCUT2D eigenvalue weighted by Gasteiger charge is 2.34. The van der Waals surface area contributed by atoms with Crippen molar-refractivity contribution in [3.05, 3.63) is 24.3 Å². The fraction of sp³-hybridized carbons (Fsp3) is 0.429. The zero-order chi connectivity index (χ0) is 14.4. The minimum absolute atomic E-state index is 0.119. The molecule has 0 aromatic heterocycles. The molecule has 1 saturated carbocycles. The van der Waals surface area contributed by atoms with Gasteiger partial charge in [-0.05, 0) is 25.0 Å². The van der Waals surface area contributed by atoms with Crippen molar-refractivity contribution in [2.45, 2.75) is 18.1 Å². The Balaban J connectivity index is 1.75. The highest BCUT2D eigenvalue weighted by molar-refractivity contribution is 7.90. The van der Waals surface area contributed by atoms with E-state index in [2.05, 4.69) is 16.6 Å². The predicted molar refractivity (Wildman–Crippen MR) is 76.2 cm³/mol. The van der Waals surface area contributed by atoms with Crippen molar-refractivity contribution in [1.29, 1.82) is 0 Å². The average Bonchev–Trinajstić information content (AvgIpc) is 3.28. The molecule has 1 N–H and O–H groups in total. The zero-order valence-electron chi connectivity index (χ0n) is 11.3. The van der Waals surface area contributed by atoms with Crippen molar-refractivity contribution in [3.8, 4) is 23.3 Å². The predicted octanol–water partition coefficient (Wildman–Crippen LogP) is 1.16. The quantitative estimate of drug-likeness (QED) is 0.800. The molecule has 1 aliphatic rings. The molecule has 0 radical (unpaired) electrons. The number of rotatable bonds is 6. The molecule has 0 heterocycles. The molecule has 5 nitrogen and oxygen atoms in total. The zero-order valence-corrected chi connectivity index (χ0v) is 12.1. The smallest absolute Gasteiger partial charge is 0.215 e. The van der Waals surface area contributed by atoms with E-state index in [-0.39, 0.29) is 18.4 Å². The van der Waals surface area contributed by atoms with Crippen molar-refractivity contribution in [3.63, 3.8) is 0 Å². The molecular weight excluding hydrogens is 278 g/mol. The first kappa shape index (κ1) is 14.7. The van der Waals surface area contributed by atoms with Gasteiger partial charge in [0.15, 0.2) is 11.5 Å². The number of hydrogen-bond donors (Lipinski definition) is 1. The molecule has 108 valence electrons. The molecule has 0 unspecified atom stereocenters. The molecular formula is C14H17NO4S. The summed E-state index contributed by atoms with van der Waals surface area (Å²) in [6.07, 6.45) is 1.50. The molecule has 0 atom stereocenters. The van der Waals surface area contributed by atoms with Gasteiger partial charge in [-0.3, -0.25) is 0 Å². The van der Waals surface area contributed by atoms with Crippen LogP contribution in [0.2, 0.25) is 0 Å². The topological polar surface area (TPSA) is 64.6 Å². The van der Waals surface area contributed by atoms with E-state index in [1.54, 1.807) is 19.2 Å². The summed E-state index contributed by atoms with van der Waals surface area (Å²) in [4.78, 5) is 0.